The van der Waals surface area contributed by atoms with E-state index < -0.39 is 0 Å². The van der Waals surface area contributed by atoms with Crippen LogP contribution < -0.4 is 5.73 Å². The second-order valence-corrected chi connectivity index (χ2v) is 4.96. The zero-order valence-electron chi connectivity index (χ0n) is 9.58. The first-order valence-corrected chi connectivity index (χ1v) is 5.17. The van der Waals surface area contributed by atoms with Crippen LogP contribution in [0.3, 0.4) is 0 Å². The fraction of sp³-hybridized carbons (Fsp3) is 0.900. The molecule has 82 valence electrons. The van der Waals surface area contributed by atoms with E-state index in [1.54, 1.807) is 0 Å². The van der Waals surface area contributed by atoms with Gasteiger partial charge in [0.15, 0.2) is 0 Å². The molecule has 1 heterocycles. The lowest BCUT2D eigenvalue weighted by molar-refractivity contribution is -0.142. The molecule has 1 aliphatic rings. The standard InChI is InChI=1S/C10H21N3O/c1-8(2)13-9(14)5-6-12(13)7-10(3,4)11/h8H,5-7,11H2,1-4H3. The number of hydrogen-bond acceptors (Lipinski definition) is 3. The smallest absolute Gasteiger partial charge is 0.238 e. The Morgan fingerprint density at radius 1 is 1.50 bits per heavy atom. The molecular weight excluding hydrogens is 178 g/mol. The van der Waals surface area contributed by atoms with Gasteiger partial charge < -0.3 is 5.73 Å². The molecule has 0 aromatic heterocycles. The Labute approximate surface area is 86.0 Å². The van der Waals surface area contributed by atoms with E-state index in [2.05, 4.69) is 5.01 Å². The van der Waals surface area contributed by atoms with Gasteiger partial charge in [-0.25, -0.2) is 5.01 Å². The minimum Gasteiger partial charge on any atom is -0.324 e. The lowest BCUT2D eigenvalue weighted by atomic mass is 10.1. The number of carbonyl (C=O) groups excluding carboxylic acids is 1. The molecule has 0 unspecified atom stereocenters. The topological polar surface area (TPSA) is 49.6 Å². The van der Waals surface area contributed by atoms with Crippen LogP contribution in [0.4, 0.5) is 0 Å². The van der Waals surface area contributed by atoms with E-state index in [0.29, 0.717) is 6.42 Å². The Morgan fingerprint density at radius 2 is 2.07 bits per heavy atom. The predicted octanol–water partition coefficient (Wildman–Crippen LogP) is 0.581. The maximum absolute atomic E-state index is 11.6. The zero-order valence-corrected chi connectivity index (χ0v) is 9.58. The van der Waals surface area contributed by atoms with Gasteiger partial charge in [-0.2, -0.15) is 0 Å². The highest BCUT2D eigenvalue weighted by Gasteiger charge is 2.33. The molecule has 1 saturated heterocycles. The Bertz CT molecular complexity index is 220. The molecule has 1 rings (SSSR count). The molecule has 4 nitrogen and oxygen atoms in total. The molecule has 0 aromatic rings. The average Bonchev–Trinajstić information content (AvgIpc) is 2.27. The van der Waals surface area contributed by atoms with E-state index in [0.717, 1.165) is 13.1 Å². The van der Waals surface area contributed by atoms with Crippen LogP contribution in [0.2, 0.25) is 0 Å². The van der Waals surface area contributed by atoms with Gasteiger partial charge in [-0.15, -0.1) is 0 Å². The van der Waals surface area contributed by atoms with Crippen LogP contribution in [0.15, 0.2) is 0 Å². The first-order valence-electron chi connectivity index (χ1n) is 5.17. The number of rotatable bonds is 3. The first kappa shape index (κ1) is 11.5. The molecule has 1 fully saturated rings. The lowest BCUT2D eigenvalue weighted by Crippen LogP contribution is -2.52. The second-order valence-electron chi connectivity index (χ2n) is 4.96. The summed E-state index contributed by atoms with van der Waals surface area (Å²) >= 11 is 0. The Balaban J connectivity index is 2.65. The molecule has 0 atom stereocenters. The fourth-order valence-electron chi connectivity index (χ4n) is 1.84. The molecule has 4 heteroatoms. The van der Waals surface area contributed by atoms with Crippen molar-refractivity contribution in [3.05, 3.63) is 0 Å². The largest absolute Gasteiger partial charge is 0.324 e. The van der Waals surface area contributed by atoms with Gasteiger partial charge in [0.05, 0.1) is 0 Å². The van der Waals surface area contributed by atoms with Crippen LogP contribution in [0.25, 0.3) is 0 Å². The van der Waals surface area contributed by atoms with Gasteiger partial charge >= 0.3 is 0 Å². The molecule has 0 aromatic carbocycles. The van der Waals surface area contributed by atoms with Crippen molar-refractivity contribution in [1.82, 2.24) is 10.0 Å². The first-order chi connectivity index (χ1) is 6.31. The summed E-state index contributed by atoms with van der Waals surface area (Å²) in [6.45, 7) is 9.55. The highest BCUT2D eigenvalue weighted by molar-refractivity contribution is 5.77. The summed E-state index contributed by atoms with van der Waals surface area (Å²) in [5.74, 6) is 0.212. The molecule has 0 aliphatic carbocycles. The normalized spacial score (nSPS) is 19.9. The quantitative estimate of drug-likeness (QED) is 0.723. The third kappa shape index (κ3) is 2.69. The molecule has 0 radical (unpaired) electrons. The number of hydrazine groups is 1. The van der Waals surface area contributed by atoms with E-state index in [-0.39, 0.29) is 17.5 Å². The van der Waals surface area contributed by atoms with Crippen LogP contribution >= 0.6 is 0 Å². The van der Waals surface area contributed by atoms with Crippen molar-refractivity contribution in [1.29, 1.82) is 0 Å². The van der Waals surface area contributed by atoms with Crippen LogP contribution in [0, 0.1) is 0 Å². The summed E-state index contributed by atoms with van der Waals surface area (Å²) in [5, 5.41) is 3.89. The van der Waals surface area contributed by atoms with Gasteiger partial charge in [-0.05, 0) is 27.7 Å². The maximum Gasteiger partial charge on any atom is 0.238 e. The summed E-state index contributed by atoms with van der Waals surface area (Å²) in [7, 11) is 0. The number of carbonyl (C=O) groups is 1. The third-order valence-corrected chi connectivity index (χ3v) is 2.22. The highest BCUT2D eigenvalue weighted by atomic mass is 16.2. The van der Waals surface area contributed by atoms with E-state index in [1.807, 2.05) is 32.7 Å². The predicted molar refractivity (Wildman–Crippen MR) is 56.4 cm³/mol. The van der Waals surface area contributed by atoms with Crippen LogP contribution in [-0.2, 0) is 4.79 Å². The van der Waals surface area contributed by atoms with Crippen molar-refractivity contribution in [3.8, 4) is 0 Å². The SMILES string of the molecule is CC(C)N1C(=O)CCN1CC(C)(C)N. The number of amides is 1. The Morgan fingerprint density at radius 3 is 2.50 bits per heavy atom. The maximum atomic E-state index is 11.6. The number of nitrogens with two attached hydrogens (primary N) is 1. The number of hydrogen-bond donors (Lipinski definition) is 1. The van der Waals surface area contributed by atoms with Gasteiger partial charge in [-0.1, -0.05) is 0 Å². The van der Waals surface area contributed by atoms with Crippen LogP contribution in [-0.4, -0.2) is 40.6 Å². The van der Waals surface area contributed by atoms with Crippen molar-refractivity contribution in [2.24, 2.45) is 5.73 Å². The molecule has 1 amide bonds. The van der Waals surface area contributed by atoms with Crippen molar-refractivity contribution in [3.63, 3.8) is 0 Å². The molecule has 0 spiro atoms. The van der Waals surface area contributed by atoms with Gasteiger partial charge in [0, 0.05) is 31.1 Å². The lowest BCUT2D eigenvalue weighted by Gasteiger charge is -2.35. The fourth-order valence-corrected chi connectivity index (χ4v) is 1.84. The monoisotopic (exact) mass is 199 g/mol. The van der Waals surface area contributed by atoms with Crippen LogP contribution in [0.5, 0.6) is 0 Å². The minimum absolute atomic E-state index is 0.212. The molecule has 0 bridgehead atoms. The Kier molecular flexibility index (Phi) is 3.17. The molecule has 1 aliphatic heterocycles. The molecule has 14 heavy (non-hydrogen) atoms. The zero-order chi connectivity index (χ0) is 10.9. The number of nitrogens with zero attached hydrogens (tertiary/aromatic N) is 2. The van der Waals surface area contributed by atoms with Crippen molar-refractivity contribution in [2.45, 2.75) is 45.7 Å². The molecular formula is C10H21N3O. The molecule has 0 saturated carbocycles. The van der Waals surface area contributed by atoms with Gasteiger partial charge in [-0.3, -0.25) is 9.80 Å². The van der Waals surface area contributed by atoms with Gasteiger partial charge in [0.2, 0.25) is 5.91 Å². The van der Waals surface area contributed by atoms with E-state index >= 15 is 0 Å². The third-order valence-electron chi connectivity index (χ3n) is 2.22. The second kappa shape index (κ2) is 3.87. The van der Waals surface area contributed by atoms with Crippen LogP contribution in [0.1, 0.15) is 34.1 Å². The van der Waals surface area contributed by atoms with Crippen molar-refractivity contribution in [2.75, 3.05) is 13.1 Å². The van der Waals surface area contributed by atoms with E-state index in [1.165, 1.54) is 0 Å². The van der Waals surface area contributed by atoms with Crippen molar-refractivity contribution >= 4 is 5.91 Å². The summed E-state index contributed by atoms with van der Waals surface area (Å²) in [4.78, 5) is 11.6. The summed E-state index contributed by atoms with van der Waals surface area (Å²) in [6, 6.07) is 0.229. The summed E-state index contributed by atoms with van der Waals surface area (Å²) in [5.41, 5.74) is 5.69. The van der Waals surface area contributed by atoms with Gasteiger partial charge in [0.25, 0.3) is 0 Å². The summed E-state index contributed by atoms with van der Waals surface area (Å²) in [6.07, 6.45) is 0.619. The van der Waals surface area contributed by atoms with E-state index in [9.17, 15) is 4.79 Å². The average molecular weight is 199 g/mol. The highest BCUT2D eigenvalue weighted by Crippen LogP contribution is 2.17. The van der Waals surface area contributed by atoms with Gasteiger partial charge in [0.1, 0.15) is 0 Å². The summed E-state index contributed by atoms with van der Waals surface area (Å²) < 4.78 is 0. The van der Waals surface area contributed by atoms with E-state index in [4.69, 9.17) is 5.73 Å². The van der Waals surface area contributed by atoms with Crippen molar-refractivity contribution < 1.29 is 4.79 Å². The minimum atomic E-state index is -0.252. The Hall–Kier alpha value is -0.610. The molecule has 2 N–H and O–H groups in total.